The summed E-state index contributed by atoms with van der Waals surface area (Å²) in [6, 6.07) is 9.87. The Morgan fingerprint density at radius 3 is 2.59 bits per heavy atom. The summed E-state index contributed by atoms with van der Waals surface area (Å²) in [7, 11) is 0. The normalized spacial score (nSPS) is 15.9. The zero-order chi connectivity index (χ0) is 15.5. The number of aryl methyl sites for hydroxylation is 1. The molecule has 0 unspecified atom stereocenters. The monoisotopic (exact) mass is 298 g/mol. The summed E-state index contributed by atoms with van der Waals surface area (Å²) < 4.78 is 5.58. The van der Waals surface area contributed by atoms with E-state index in [1.807, 2.05) is 37.3 Å². The highest BCUT2D eigenvalue weighted by atomic mass is 16.4. The van der Waals surface area contributed by atoms with Crippen molar-refractivity contribution >= 4 is 0 Å². The summed E-state index contributed by atoms with van der Waals surface area (Å²) in [6.07, 6.45) is 5.47. The molecule has 0 aliphatic heterocycles. The maximum atomic E-state index is 12.5. The summed E-state index contributed by atoms with van der Waals surface area (Å²) in [5.41, 5.74) is 1.94. The van der Waals surface area contributed by atoms with Crippen LogP contribution in [-0.4, -0.2) is 5.11 Å². The van der Waals surface area contributed by atoms with Crippen molar-refractivity contribution in [2.24, 2.45) is 0 Å². The van der Waals surface area contributed by atoms with Gasteiger partial charge >= 0.3 is 5.63 Å². The first kappa shape index (κ1) is 14.9. The molecule has 3 heteroatoms. The predicted octanol–water partition coefficient (Wildman–Crippen LogP) is 4.16. The molecule has 1 aromatic carbocycles. The first-order valence-corrected chi connectivity index (χ1v) is 8.15. The standard InChI is InChI=1S/C19H22O3/c1-2-14(13-9-5-3-6-10-13)17-18(20)15-11-7-4-8-12-16(15)22-19(17)21/h3,5-6,9-10,14,20H,2,4,7-8,11-12H2,1H3/t14-/m0/s1. The second kappa shape index (κ2) is 6.39. The quantitative estimate of drug-likeness (QED) is 0.866. The molecular weight excluding hydrogens is 276 g/mol. The van der Waals surface area contributed by atoms with E-state index in [-0.39, 0.29) is 17.3 Å². The van der Waals surface area contributed by atoms with E-state index < -0.39 is 0 Å². The smallest absolute Gasteiger partial charge is 0.343 e. The van der Waals surface area contributed by atoms with Crippen LogP contribution in [0.1, 0.15) is 61.0 Å². The van der Waals surface area contributed by atoms with Crippen molar-refractivity contribution in [1.29, 1.82) is 0 Å². The summed E-state index contributed by atoms with van der Waals surface area (Å²) >= 11 is 0. The lowest BCUT2D eigenvalue weighted by atomic mass is 9.88. The van der Waals surface area contributed by atoms with E-state index in [1.165, 1.54) is 0 Å². The lowest BCUT2D eigenvalue weighted by molar-refractivity contribution is 0.398. The van der Waals surface area contributed by atoms with Gasteiger partial charge in [-0.05, 0) is 31.2 Å². The van der Waals surface area contributed by atoms with Gasteiger partial charge in [-0.2, -0.15) is 0 Å². The Morgan fingerprint density at radius 1 is 1.14 bits per heavy atom. The van der Waals surface area contributed by atoms with E-state index in [1.54, 1.807) is 0 Å². The molecule has 0 bridgehead atoms. The van der Waals surface area contributed by atoms with Crippen LogP contribution in [0, 0.1) is 0 Å². The molecule has 3 nitrogen and oxygen atoms in total. The molecule has 116 valence electrons. The molecule has 3 rings (SSSR count). The first-order valence-electron chi connectivity index (χ1n) is 8.15. The lowest BCUT2D eigenvalue weighted by Crippen LogP contribution is -2.16. The van der Waals surface area contributed by atoms with Crippen molar-refractivity contribution in [3.8, 4) is 5.75 Å². The van der Waals surface area contributed by atoms with E-state index in [0.717, 1.165) is 49.7 Å². The molecule has 0 spiro atoms. The molecular formula is C19H22O3. The highest BCUT2D eigenvalue weighted by Crippen LogP contribution is 2.36. The fourth-order valence-corrected chi connectivity index (χ4v) is 3.44. The van der Waals surface area contributed by atoms with E-state index in [2.05, 4.69) is 0 Å². The highest BCUT2D eigenvalue weighted by molar-refractivity contribution is 5.46. The molecule has 1 aliphatic rings. The fourth-order valence-electron chi connectivity index (χ4n) is 3.44. The Bertz CT molecular complexity index is 701. The van der Waals surface area contributed by atoms with Gasteiger partial charge in [0, 0.05) is 17.9 Å². The molecule has 1 atom stereocenters. The van der Waals surface area contributed by atoms with Crippen LogP contribution in [0.3, 0.4) is 0 Å². The molecule has 0 fully saturated rings. The zero-order valence-corrected chi connectivity index (χ0v) is 13.0. The molecule has 0 saturated carbocycles. The fraction of sp³-hybridized carbons (Fsp3) is 0.421. The summed E-state index contributed by atoms with van der Waals surface area (Å²) in [4.78, 5) is 12.5. The average Bonchev–Trinajstić information content (AvgIpc) is 2.77. The maximum absolute atomic E-state index is 12.5. The lowest BCUT2D eigenvalue weighted by Gasteiger charge is -2.18. The van der Waals surface area contributed by atoms with Gasteiger partial charge in [-0.3, -0.25) is 0 Å². The summed E-state index contributed by atoms with van der Waals surface area (Å²) in [6.45, 7) is 2.03. The number of rotatable bonds is 3. The molecule has 1 N–H and O–H groups in total. The van der Waals surface area contributed by atoms with Crippen LogP contribution in [0.15, 0.2) is 39.5 Å². The Kier molecular flexibility index (Phi) is 4.32. The van der Waals surface area contributed by atoms with Crippen molar-refractivity contribution < 1.29 is 9.52 Å². The van der Waals surface area contributed by atoms with E-state index >= 15 is 0 Å². The van der Waals surface area contributed by atoms with Gasteiger partial charge in [-0.1, -0.05) is 43.7 Å². The van der Waals surface area contributed by atoms with E-state index in [4.69, 9.17) is 4.42 Å². The summed E-state index contributed by atoms with van der Waals surface area (Å²) in [5.74, 6) is 0.738. The van der Waals surface area contributed by atoms with Gasteiger partial charge in [0.05, 0.1) is 5.56 Å². The average molecular weight is 298 g/mol. The second-order valence-electron chi connectivity index (χ2n) is 5.99. The van der Waals surface area contributed by atoms with Gasteiger partial charge in [0.1, 0.15) is 11.5 Å². The van der Waals surface area contributed by atoms with Crippen LogP contribution in [0.2, 0.25) is 0 Å². The zero-order valence-electron chi connectivity index (χ0n) is 13.0. The van der Waals surface area contributed by atoms with Crippen LogP contribution in [-0.2, 0) is 12.8 Å². The predicted molar refractivity (Wildman–Crippen MR) is 86.5 cm³/mol. The van der Waals surface area contributed by atoms with Gasteiger partial charge in [0.2, 0.25) is 0 Å². The van der Waals surface area contributed by atoms with Gasteiger partial charge in [0.15, 0.2) is 0 Å². The number of hydrogen-bond donors (Lipinski definition) is 1. The van der Waals surface area contributed by atoms with Gasteiger partial charge in [0.25, 0.3) is 0 Å². The molecule has 2 aromatic rings. The molecule has 0 radical (unpaired) electrons. The van der Waals surface area contributed by atoms with Crippen molar-refractivity contribution in [1.82, 2.24) is 0 Å². The topological polar surface area (TPSA) is 50.4 Å². The number of fused-ring (bicyclic) bond motifs is 1. The Balaban J connectivity index is 2.14. The number of hydrogen-bond acceptors (Lipinski definition) is 3. The van der Waals surface area contributed by atoms with E-state index in [0.29, 0.717) is 11.3 Å². The van der Waals surface area contributed by atoms with Gasteiger partial charge in [-0.25, -0.2) is 4.79 Å². The minimum atomic E-state index is -0.381. The SMILES string of the molecule is CC[C@@H](c1ccccc1)c1c(O)c2c(oc1=O)CCCCC2. The van der Waals surface area contributed by atoms with Crippen LogP contribution in [0.5, 0.6) is 5.75 Å². The van der Waals surface area contributed by atoms with Gasteiger partial charge in [-0.15, -0.1) is 0 Å². The van der Waals surface area contributed by atoms with Crippen LogP contribution >= 0.6 is 0 Å². The van der Waals surface area contributed by atoms with Crippen LogP contribution < -0.4 is 5.63 Å². The second-order valence-corrected chi connectivity index (χ2v) is 5.99. The summed E-state index contributed by atoms with van der Waals surface area (Å²) in [5, 5.41) is 10.7. The van der Waals surface area contributed by atoms with Crippen LogP contribution in [0.4, 0.5) is 0 Å². The minimum absolute atomic E-state index is 0.119. The highest BCUT2D eigenvalue weighted by Gasteiger charge is 2.26. The van der Waals surface area contributed by atoms with Crippen molar-refractivity contribution in [3.05, 3.63) is 63.2 Å². The van der Waals surface area contributed by atoms with Crippen molar-refractivity contribution in [2.45, 2.75) is 51.4 Å². The van der Waals surface area contributed by atoms with Gasteiger partial charge < -0.3 is 9.52 Å². The minimum Gasteiger partial charge on any atom is -0.507 e. The Hall–Kier alpha value is -2.03. The third kappa shape index (κ3) is 2.68. The number of benzene rings is 1. The maximum Gasteiger partial charge on any atom is 0.343 e. The number of aromatic hydroxyl groups is 1. The van der Waals surface area contributed by atoms with E-state index in [9.17, 15) is 9.90 Å². The molecule has 0 saturated heterocycles. The Morgan fingerprint density at radius 2 is 1.86 bits per heavy atom. The van der Waals surface area contributed by atoms with Crippen molar-refractivity contribution in [2.75, 3.05) is 0 Å². The molecule has 22 heavy (non-hydrogen) atoms. The van der Waals surface area contributed by atoms with Crippen LogP contribution in [0.25, 0.3) is 0 Å². The largest absolute Gasteiger partial charge is 0.507 e. The Labute approximate surface area is 130 Å². The molecule has 1 heterocycles. The first-order chi connectivity index (χ1) is 10.7. The third-order valence-corrected chi connectivity index (χ3v) is 4.60. The molecule has 1 aromatic heterocycles. The molecule has 0 amide bonds. The van der Waals surface area contributed by atoms with Crippen molar-refractivity contribution in [3.63, 3.8) is 0 Å². The third-order valence-electron chi connectivity index (χ3n) is 4.60. The molecule has 1 aliphatic carbocycles.